The Bertz CT molecular complexity index is 505. The first-order valence-electron chi connectivity index (χ1n) is 8.30. The van der Waals surface area contributed by atoms with E-state index in [2.05, 4.69) is 13.8 Å². The third kappa shape index (κ3) is 3.54. The van der Waals surface area contributed by atoms with E-state index >= 15 is 0 Å². The molecular weight excluding hydrogens is 278 g/mol. The summed E-state index contributed by atoms with van der Waals surface area (Å²) in [7, 11) is 0. The molecule has 2 atom stereocenters. The van der Waals surface area contributed by atoms with Gasteiger partial charge in [0.2, 0.25) is 0 Å². The smallest absolute Gasteiger partial charge is 0.254 e. The first kappa shape index (κ1) is 16.7. The Morgan fingerprint density at radius 3 is 2.27 bits per heavy atom. The molecule has 122 valence electrons. The molecule has 0 aliphatic carbocycles. The molecule has 0 saturated carbocycles. The number of hydrogen-bond acceptors (Lipinski definition) is 3. The van der Waals surface area contributed by atoms with Crippen LogP contribution in [0.15, 0.2) is 18.2 Å². The minimum absolute atomic E-state index is 0.0868. The van der Waals surface area contributed by atoms with Gasteiger partial charge in [-0.25, -0.2) is 0 Å². The van der Waals surface area contributed by atoms with Crippen LogP contribution >= 0.6 is 0 Å². The molecule has 0 aromatic heterocycles. The molecular formula is C18H27NO3. The molecule has 1 aromatic rings. The lowest BCUT2D eigenvalue weighted by Crippen LogP contribution is -2.47. The molecule has 0 bridgehead atoms. The van der Waals surface area contributed by atoms with Crippen LogP contribution in [0.2, 0.25) is 0 Å². The first-order chi connectivity index (χ1) is 10.6. The van der Waals surface area contributed by atoms with Gasteiger partial charge >= 0.3 is 0 Å². The van der Waals surface area contributed by atoms with Crippen molar-refractivity contribution in [3.63, 3.8) is 0 Å². The lowest BCUT2D eigenvalue weighted by atomic mass is 9.96. The van der Waals surface area contributed by atoms with Crippen LogP contribution in [0.5, 0.6) is 11.5 Å². The van der Waals surface area contributed by atoms with Crippen molar-refractivity contribution in [2.45, 2.75) is 59.0 Å². The van der Waals surface area contributed by atoms with Gasteiger partial charge in [-0.3, -0.25) is 4.79 Å². The molecule has 1 fully saturated rings. The molecule has 4 nitrogen and oxygen atoms in total. The van der Waals surface area contributed by atoms with Crippen LogP contribution in [0.1, 0.15) is 57.3 Å². The number of carbonyl (C=O) groups is 1. The molecule has 0 unspecified atom stereocenters. The SMILES string of the molecule is CCOc1ccc(C(=O)N2[C@@H](C)CCC[C@@H]2C)cc1OCC. The zero-order valence-corrected chi connectivity index (χ0v) is 14.1. The third-order valence-corrected chi connectivity index (χ3v) is 4.22. The minimum atomic E-state index is 0.0868. The predicted octanol–water partition coefficient (Wildman–Crippen LogP) is 3.89. The molecule has 0 radical (unpaired) electrons. The van der Waals surface area contributed by atoms with Crippen LogP contribution < -0.4 is 9.47 Å². The molecule has 0 spiro atoms. The van der Waals surface area contributed by atoms with Gasteiger partial charge in [-0.15, -0.1) is 0 Å². The highest BCUT2D eigenvalue weighted by Gasteiger charge is 2.30. The van der Waals surface area contributed by atoms with E-state index in [1.807, 2.05) is 36.9 Å². The van der Waals surface area contributed by atoms with Gasteiger partial charge in [-0.2, -0.15) is 0 Å². The van der Waals surface area contributed by atoms with Gasteiger partial charge in [0.25, 0.3) is 5.91 Å². The molecule has 1 aromatic carbocycles. The number of benzene rings is 1. The number of rotatable bonds is 5. The summed E-state index contributed by atoms with van der Waals surface area (Å²) in [5.74, 6) is 1.43. The quantitative estimate of drug-likeness (QED) is 0.828. The van der Waals surface area contributed by atoms with Crippen molar-refractivity contribution in [3.05, 3.63) is 23.8 Å². The van der Waals surface area contributed by atoms with Crippen LogP contribution in [0.4, 0.5) is 0 Å². The highest BCUT2D eigenvalue weighted by atomic mass is 16.5. The number of amides is 1. The van der Waals surface area contributed by atoms with E-state index in [9.17, 15) is 4.79 Å². The third-order valence-electron chi connectivity index (χ3n) is 4.22. The Hall–Kier alpha value is -1.71. The van der Waals surface area contributed by atoms with E-state index in [0.29, 0.717) is 42.4 Å². The molecule has 0 N–H and O–H groups in total. The molecule has 1 amide bonds. The maximum absolute atomic E-state index is 12.9. The van der Waals surface area contributed by atoms with E-state index < -0.39 is 0 Å². The highest BCUT2D eigenvalue weighted by Crippen LogP contribution is 2.31. The lowest BCUT2D eigenvalue weighted by molar-refractivity contribution is 0.0510. The van der Waals surface area contributed by atoms with Crippen LogP contribution in [0.25, 0.3) is 0 Å². The van der Waals surface area contributed by atoms with Crippen molar-refractivity contribution in [1.29, 1.82) is 0 Å². The summed E-state index contributed by atoms with van der Waals surface area (Å²) in [6.07, 6.45) is 3.34. The second-order valence-electron chi connectivity index (χ2n) is 5.87. The van der Waals surface area contributed by atoms with Gasteiger partial charge in [0, 0.05) is 17.6 Å². The number of likely N-dealkylation sites (tertiary alicyclic amines) is 1. The van der Waals surface area contributed by atoms with E-state index in [1.165, 1.54) is 6.42 Å². The summed E-state index contributed by atoms with van der Waals surface area (Å²) < 4.78 is 11.2. The van der Waals surface area contributed by atoms with Gasteiger partial charge in [-0.1, -0.05) is 0 Å². The molecule has 2 rings (SSSR count). The first-order valence-corrected chi connectivity index (χ1v) is 8.30. The monoisotopic (exact) mass is 305 g/mol. The fourth-order valence-electron chi connectivity index (χ4n) is 3.15. The fourth-order valence-corrected chi connectivity index (χ4v) is 3.15. The van der Waals surface area contributed by atoms with Crippen molar-refractivity contribution in [2.75, 3.05) is 13.2 Å². The Morgan fingerprint density at radius 2 is 1.68 bits per heavy atom. The molecule has 1 heterocycles. The summed E-state index contributed by atoms with van der Waals surface area (Å²) in [5.41, 5.74) is 0.674. The number of carbonyl (C=O) groups excluding carboxylic acids is 1. The van der Waals surface area contributed by atoms with Gasteiger partial charge in [0.15, 0.2) is 11.5 Å². The maximum atomic E-state index is 12.9. The summed E-state index contributed by atoms with van der Waals surface area (Å²) in [4.78, 5) is 14.9. The summed E-state index contributed by atoms with van der Waals surface area (Å²) >= 11 is 0. The van der Waals surface area contributed by atoms with Crippen molar-refractivity contribution in [1.82, 2.24) is 4.90 Å². The van der Waals surface area contributed by atoms with Gasteiger partial charge in [-0.05, 0) is 65.2 Å². The maximum Gasteiger partial charge on any atom is 0.254 e. The van der Waals surface area contributed by atoms with Crippen LogP contribution in [0.3, 0.4) is 0 Å². The Balaban J connectivity index is 2.27. The van der Waals surface area contributed by atoms with Crippen LogP contribution in [0, 0.1) is 0 Å². The van der Waals surface area contributed by atoms with E-state index in [1.54, 1.807) is 0 Å². The van der Waals surface area contributed by atoms with Crippen molar-refractivity contribution in [3.8, 4) is 11.5 Å². The minimum Gasteiger partial charge on any atom is -0.490 e. The average molecular weight is 305 g/mol. The second-order valence-corrected chi connectivity index (χ2v) is 5.87. The van der Waals surface area contributed by atoms with Crippen molar-refractivity contribution >= 4 is 5.91 Å². The normalized spacial score (nSPS) is 21.5. The van der Waals surface area contributed by atoms with Crippen LogP contribution in [-0.4, -0.2) is 36.1 Å². The van der Waals surface area contributed by atoms with Crippen LogP contribution in [-0.2, 0) is 0 Å². The topological polar surface area (TPSA) is 38.8 Å². The Kier molecular flexibility index (Phi) is 5.69. The second kappa shape index (κ2) is 7.52. The van der Waals surface area contributed by atoms with E-state index in [0.717, 1.165) is 12.8 Å². The van der Waals surface area contributed by atoms with E-state index in [4.69, 9.17) is 9.47 Å². The number of hydrogen-bond donors (Lipinski definition) is 0. The van der Waals surface area contributed by atoms with E-state index in [-0.39, 0.29) is 5.91 Å². The molecule has 4 heteroatoms. The fraction of sp³-hybridized carbons (Fsp3) is 0.611. The number of piperidine rings is 1. The van der Waals surface area contributed by atoms with Gasteiger partial charge in [0.05, 0.1) is 13.2 Å². The molecule has 1 saturated heterocycles. The van der Waals surface area contributed by atoms with Crippen molar-refractivity contribution in [2.24, 2.45) is 0 Å². The molecule has 1 aliphatic heterocycles. The van der Waals surface area contributed by atoms with Gasteiger partial charge < -0.3 is 14.4 Å². The predicted molar refractivity (Wildman–Crippen MR) is 87.7 cm³/mol. The largest absolute Gasteiger partial charge is 0.490 e. The average Bonchev–Trinajstić information content (AvgIpc) is 2.49. The zero-order valence-electron chi connectivity index (χ0n) is 14.1. The Morgan fingerprint density at radius 1 is 1.09 bits per heavy atom. The zero-order chi connectivity index (χ0) is 16.1. The summed E-state index contributed by atoms with van der Waals surface area (Å²) in [6, 6.07) is 6.06. The molecule has 1 aliphatic rings. The number of ether oxygens (including phenoxy) is 2. The number of nitrogens with zero attached hydrogens (tertiary/aromatic N) is 1. The lowest BCUT2D eigenvalue weighted by Gasteiger charge is -2.39. The Labute approximate surface area is 133 Å². The highest BCUT2D eigenvalue weighted by molar-refractivity contribution is 5.95. The molecule has 22 heavy (non-hydrogen) atoms. The summed E-state index contributed by atoms with van der Waals surface area (Å²) in [5, 5.41) is 0. The van der Waals surface area contributed by atoms with Gasteiger partial charge in [0.1, 0.15) is 0 Å². The summed E-state index contributed by atoms with van der Waals surface area (Å²) in [6.45, 7) is 9.25. The van der Waals surface area contributed by atoms with Crippen molar-refractivity contribution < 1.29 is 14.3 Å². The standard InChI is InChI=1S/C18H27NO3/c1-5-21-16-11-10-15(12-17(16)22-6-2)18(20)19-13(3)8-7-9-14(19)4/h10-14H,5-9H2,1-4H3/t13-,14-/m0/s1.